The Kier molecular flexibility index (Phi) is 16.5. The molecule has 2 N–H and O–H groups in total. The molecule has 0 fully saturated rings. The molecule has 0 bridgehead atoms. The predicted octanol–water partition coefficient (Wildman–Crippen LogP) is 2.58. The molecule has 0 aliphatic heterocycles. The van der Waals surface area contributed by atoms with E-state index in [4.69, 9.17) is 4.74 Å². The topological polar surface area (TPSA) is 93.7 Å². The lowest BCUT2D eigenvalue weighted by Gasteiger charge is -2.14. The van der Waals surface area contributed by atoms with Crippen LogP contribution in [0.5, 0.6) is 0 Å². The van der Waals surface area contributed by atoms with E-state index < -0.39 is 28.9 Å². The van der Waals surface area contributed by atoms with E-state index in [0.29, 0.717) is 5.75 Å². The maximum absolute atomic E-state index is 11.7. The molecule has 1 aromatic carbocycles. The lowest BCUT2D eigenvalue weighted by atomic mass is 10.2. The van der Waals surface area contributed by atoms with Gasteiger partial charge in [0.2, 0.25) is 5.91 Å². The summed E-state index contributed by atoms with van der Waals surface area (Å²) >= 11 is 0. The molecular weight excluding hydrogens is 380 g/mol. The third-order valence-electron chi connectivity index (χ3n) is 3.08. The van der Waals surface area contributed by atoms with Gasteiger partial charge in [-0.3, -0.25) is 4.79 Å². The van der Waals surface area contributed by atoms with Crippen LogP contribution in [0.1, 0.15) is 47.1 Å². The Morgan fingerprint density at radius 1 is 1.11 bits per heavy atom. The summed E-state index contributed by atoms with van der Waals surface area (Å²) in [6.07, 6.45) is 0. The Morgan fingerprint density at radius 2 is 1.61 bits per heavy atom. The highest BCUT2D eigenvalue weighted by Crippen LogP contribution is 2.02. The molecule has 1 unspecified atom stereocenters. The minimum atomic E-state index is -1.35. The van der Waals surface area contributed by atoms with E-state index in [1.54, 1.807) is 7.11 Å². The Morgan fingerprint density at radius 3 is 2.04 bits per heavy atom. The smallest absolute Gasteiger partial charge is 0.328 e. The third kappa shape index (κ3) is 16.4. The molecule has 162 valence electrons. The van der Waals surface area contributed by atoms with E-state index >= 15 is 0 Å². The lowest BCUT2D eigenvalue weighted by Crippen LogP contribution is -2.43. The van der Waals surface area contributed by atoms with Gasteiger partial charge in [-0.2, -0.15) is 0 Å². The zero-order chi connectivity index (χ0) is 22.2. The van der Waals surface area contributed by atoms with E-state index in [2.05, 4.69) is 14.8 Å². The number of carbonyl (C=O) groups excluding carboxylic acids is 2. The average molecular weight is 417 g/mol. The fourth-order valence-electron chi connectivity index (χ4n) is 1.45. The van der Waals surface area contributed by atoms with Crippen LogP contribution in [0.3, 0.4) is 0 Å². The predicted molar refractivity (Wildman–Crippen MR) is 114 cm³/mol. The number of nitrogens with one attached hydrogen (secondary N) is 2. The number of rotatable bonds is 7. The standard InChI is InChI=1S/C13H18N2O4S.C5H12O.C2H6/c1-10(13(17)19-2)15-12(16)8-14-20(18)9-11-6-4-3-5-7-11;1-5(2,3)6-4;1-2/h3-7,10,14H,8-9H2,1-2H3,(H,15,16);1-4H3;1-2H3/t10-,20?;;/m0../s1. The van der Waals surface area contributed by atoms with E-state index in [-0.39, 0.29) is 12.1 Å². The van der Waals surface area contributed by atoms with Crippen LogP contribution < -0.4 is 10.0 Å². The number of carbonyl (C=O) groups is 2. The molecule has 2 atom stereocenters. The van der Waals surface area contributed by atoms with E-state index in [0.717, 1.165) is 5.56 Å². The van der Waals surface area contributed by atoms with Gasteiger partial charge in [-0.25, -0.2) is 13.7 Å². The van der Waals surface area contributed by atoms with Crippen LogP contribution in [0.15, 0.2) is 30.3 Å². The minimum Gasteiger partial charge on any atom is -0.467 e. The van der Waals surface area contributed by atoms with Crippen molar-refractivity contribution in [3.05, 3.63) is 35.9 Å². The summed E-state index contributed by atoms with van der Waals surface area (Å²) in [5, 5.41) is 2.44. The van der Waals surface area contributed by atoms with Gasteiger partial charge in [-0.1, -0.05) is 44.2 Å². The summed E-state index contributed by atoms with van der Waals surface area (Å²) in [7, 11) is 1.61. The molecule has 0 aromatic heterocycles. The monoisotopic (exact) mass is 416 g/mol. The van der Waals surface area contributed by atoms with Crippen LogP contribution in [0.2, 0.25) is 0 Å². The average Bonchev–Trinajstić information content (AvgIpc) is 2.68. The van der Waals surface area contributed by atoms with Crippen molar-refractivity contribution in [1.29, 1.82) is 0 Å². The zero-order valence-corrected chi connectivity index (χ0v) is 19.1. The highest BCUT2D eigenvalue weighted by atomic mass is 32.2. The van der Waals surface area contributed by atoms with Gasteiger partial charge in [0.25, 0.3) is 0 Å². The van der Waals surface area contributed by atoms with E-state index in [9.17, 15) is 13.8 Å². The SMILES string of the molecule is CC.COC(=O)[C@H](C)NC(=O)CNS(=O)Cc1ccccc1.COC(C)(C)C. The number of methoxy groups -OCH3 is 2. The van der Waals surface area contributed by atoms with E-state index in [1.807, 2.05) is 65.0 Å². The maximum atomic E-state index is 11.7. The van der Waals surface area contributed by atoms with Gasteiger partial charge in [-0.05, 0) is 33.3 Å². The number of ether oxygens (including phenoxy) is 2. The molecule has 0 spiro atoms. The lowest BCUT2D eigenvalue weighted by molar-refractivity contribution is -0.144. The van der Waals surface area contributed by atoms with Gasteiger partial charge in [0.1, 0.15) is 6.04 Å². The van der Waals surface area contributed by atoms with Gasteiger partial charge in [0, 0.05) is 7.11 Å². The Labute approximate surface area is 172 Å². The normalized spacial score (nSPS) is 12.3. The highest BCUT2D eigenvalue weighted by molar-refractivity contribution is 7.82. The summed E-state index contributed by atoms with van der Waals surface area (Å²) in [5.41, 5.74) is 0.960. The van der Waals surface area contributed by atoms with Crippen molar-refractivity contribution in [2.24, 2.45) is 0 Å². The fourth-order valence-corrected chi connectivity index (χ4v) is 2.34. The van der Waals surface area contributed by atoms with Crippen LogP contribution in [-0.2, 0) is 35.8 Å². The molecule has 1 aromatic rings. The minimum absolute atomic E-state index is 0.0417. The second kappa shape index (κ2) is 16.2. The molecule has 28 heavy (non-hydrogen) atoms. The largest absolute Gasteiger partial charge is 0.467 e. The van der Waals surface area contributed by atoms with Crippen LogP contribution in [-0.4, -0.2) is 48.5 Å². The van der Waals surface area contributed by atoms with Gasteiger partial charge in [0.05, 0.1) is 36.0 Å². The summed E-state index contributed by atoms with van der Waals surface area (Å²) < 4.78 is 23.7. The number of amides is 1. The first-order valence-electron chi connectivity index (χ1n) is 9.17. The van der Waals surface area contributed by atoms with Crippen LogP contribution in [0, 0.1) is 0 Å². The molecule has 0 heterocycles. The molecule has 1 amide bonds. The molecule has 7 nitrogen and oxygen atoms in total. The summed E-state index contributed by atoms with van der Waals surface area (Å²) in [5.74, 6) is -0.617. The molecule has 0 radical (unpaired) electrons. The van der Waals surface area contributed by atoms with Crippen LogP contribution in [0.25, 0.3) is 0 Å². The molecule has 0 saturated heterocycles. The van der Waals surface area contributed by atoms with Crippen LogP contribution in [0.4, 0.5) is 0 Å². The summed E-state index contributed by atoms with van der Waals surface area (Å²) in [6, 6.07) is 8.59. The Hall–Kier alpha value is -1.77. The van der Waals surface area contributed by atoms with Gasteiger partial charge in [-0.15, -0.1) is 0 Å². The number of hydrogen-bond acceptors (Lipinski definition) is 5. The number of hydrogen-bond donors (Lipinski definition) is 2. The van der Waals surface area contributed by atoms with Crippen LogP contribution >= 0.6 is 0 Å². The van der Waals surface area contributed by atoms with Gasteiger partial charge < -0.3 is 14.8 Å². The van der Waals surface area contributed by atoms with E-state index in [1.165, 1.54) is 14.0 Å². The first-order chi connectivity index (χ1) is 13.1. The molecule has 0 saturated carbocycles. The van der Waals surface area contributed by atoms with Crippen molar-refractivity contribution >= 4 is 22.9 Å². The van der Waals surface area contributed by atoms with Crippen molar-refractivity contribution in [2.45, 2.75) is 58.9 Å². The maximum Gasteiger partial charge on any atom is 0.328 e. The first-order valence-corrected chi connectivity index (χ1v) is 10.5. The second-order valence-corrected chi connectivity index (χ2v) is 7.69. The molecule has 1 rings (SSSR count). The fraction of sp³-hybridized carbons (Fsp3) is 0.600. The third-order valence-corrected chi connectivity index (χ3v) is 4.14. The molecule has 0 aliphatic carbocycles. The molecule has 0 aliphatic rings. The van der Waals surface area contributed by atoms with Crippen molar-refractivity contribution < 1.29 is 23.3 Å². The van der Waals surface area contributed by atoms with Crippen molar-refractivity contribution in [3.8, 4) is 0 Å². The number of benzene rings is 1. The number of esters is 1. The summed E-state index contributed by atoms with van der Waals surface area (Å²) in [6.45, 7) is 11.5. The van der Waals surface area contributed by atoms with Crippen molar-refractivity contribution in [1.82, 2.24) is 10.0 Å². The zero-order valence-electron chi connectivity index (χ0n) is 18.3. The Bertz CT molecular complexity index is 574. The quantitative estimate of drug-likeness (QED) is 0.667. The Balaban J connectivity index is 0. The first kappa shape index (κ1) is 28.4. The van der Waals surface area contributed by atoms with Gasteiger partial charge in [0.15, 0.2) is 0 Å². The summed E-state index contributed by atoms with van der Waals surface area (Å²) in [4.78, 5) is 22.6. The van der Waals surface area contributed by atoms with Gasteiger partial charge >= 0.3 is 5.97 Å². The van der Waals surface area contributed by atoms with Crippen molar-refractivity contribution in [3.63, 3.8) is 0 Å². The molecular formula is C20H36N2O5S. The van der Waals surface area contributed by atoms with Crippen molar-refractivity contribution in [2.75, 3.05) is 20.8 Å². The molecule has 8 heteroatoms. The highest BCUT2D eigenvalue weighted by Gasteiger charge is 2.15. The second-order valence-electron chi connectivity index (χ2n) is 6.43.